The minimum Gasteiger partial charge on any atom is -0.421 e. The number of benzene rings is 1. The van der Waals surface area contributed by atoms with Crippen molar-refractivity contribution in [2.24, 2.45) is 0 Å². The molecule has 0 aliphatic rings. The van der Waals surface area contributed by atoms with Gasteiger partial charge in [-0.1, -0.05) is 37.3 Å². The lowest BCUT2D eigenvalue weighted by molar-refractivity contribution is 0.513. The summed E-state index contributed by atoms with van der Waals surface area (Å²) in [4.78, 5) is 0. The molecule has 2 aromatic heterocycles. The number of hydrogen-bond donors (Lipinski definition) is 1. The van der Waals surface area contributed by atoms with Crippen LogP contribution in [-0.4, -0.2) is 25.2 Å². The van der Waals surface area contributed by atoms with Crippen LogP contribution < -0.4 is 4.72 Å². The average molecular weight is 363 g/mol. The molecular formula is C16H17N3O3S2. The van der Waals surface area contributed by atoms with Crippen LogP contribution >= 0.6 is 11.3 Å². The van der Waals surface area contributed by atoms with Crippen molar-refractivity contribution < 1.29 is 12.8 Å². The maximum atomic E-state index is 12.4. The number of nitrogens with zero attached hydrogens (tertiary/aromatic N) is 2. The Morgan fingerprint density at radius 3 is 2.71 bits per heavy atom. The molecule has 0 amide bonds. The topological polar surface area (TPSA) is 85.1 Å². The lowest BCUT2D eigenvalue weighted by Crippen LogP contribution is -2.25. The van der Waals surface area contributed by atoms with Crippen molar-refractivity contribution in [2.45, 2.75) is 24.0 Å². The van der Waals surface area contributed by atoms with Gasteiger partial charge in [0.1, 0.15) is 4.21 Å². The van der Waals surface area contributed by atoms with Crippen LogP contribution in [0.3, 0.4) is 0 Å². The molecule has 1 N–H and O–H groups in total. The van der Waals surface area contributed by atoms with E-state index in [2.05, 4.69) is 14.9 Å². The zero-order valence-electron chi connectivity index (χ0n) is 13.1. The van der Waals surface area contributed by atoms with Crippen molar-refractivity contribution in [3.05, 3.63) is 53.2 Å². The van der Waals surface area contributed by atoms with Crippen molar-refractivity contribution in [1.29, 1.82) is 0 Å². The van der Waals surface area contributed by atoms with Crippen LogP contribution in [0.5, 0.6) is 0 Å². The largest absolute Gasteiger partial charge is 0.421 e. The summed E-state index contributed by atoms with van der Waals surface area (Å²) in [6, 6.07) is 11.3. The third-order valence-corrected chi connectivity index (χ3v) is 6.31. The molecule has 6 nitrogen and oxygen atoms in total. The Kier molecular flexibility index (Phi) is 5.08. The maximum absolute atomic E-state index is 12.4. The molecule has 3 aromatic rings. The molecule has 0 radical (unpaired) electrons. The summed E-state index contributed by atoms with van der Waals surface area (Å²) in [5, 5.41) is 9.52. The van der Waals surface area contributed by atoms with Gasteiger partial charge in [0.25, 0.3) is 0 Å². The molecule has 0 spiro atoms. The van der Waals surface area contributed by atoms with Crippen LogP contribution in [0.1, 0.15) is 18.4 Å². The normalized spacial score (nSPS) is 11.7. The Balaban J connectivity index is 1.66. The number of aromatic nitrogens is 2. The monoisotopic (exact) mass is 363 g/mol. The second-order valence-electron chi connectivity index (χ2n) is 5.14. The molecule has 2 heterocycles. The van der Waals surface area contributed by atoms with Gasteiger partial charge in [-0.25, -0.2) is 13.1 Å². The first kappa shape index (κ1) is 16.8. The summed E-state index contributed by atoms with van der Waals surface area (Å²) in [5.74, 6) is 0.871. The first-order valence-corrected chi connectivity index (χ1v) is 9.89. The van der Waals surface area contributed by atoms with Crippen molar-refractivity contribution in [3.63, 3.8) is 0 Å². The lowest BCUT2D eigenvalue weighted by Gasteiger charge is -2.04. The Hall–Kier alpha value is -2.03. The van der Waals surface area contributed by atoms with E-state index in [0.29, 0.717) is 36.7 Å². The van der Waals surface area contributed by atoms with Gasteiger partial charge in [-0.05, 0) is 18.1 Å². The summed E-state index contributed by atoms with van der Waals surface area (Å²) < 4.78 is 33.0. The number of rotatable bonds is 7. The van der Waals surface area contributed by atoms with E-state index in [9.17, 15) is 8.42 Å². The van der Waals surface area contributed by atoms with Gasteiger partial charge in [-0.3, -0.25) is 0 Å². The SMILES string of the molecule is CCc1nnc(-c2csc(S(=O)(=O)NCCc3ccccc3)c2)o1. The Labute approximate surface area is 144 Å². The molecule has 0 bridgehead atoms. The number of nitrogens with one attached hydrogen (secondary N) is 1. The van der Waals surface area contributed by atoms with Gasteiger partial charge < -0.3 is 4.42 Å². The van der Waals surface area contributed by atoms with Crippen molar-refractivity contribution in [2.75, 3.05) is 6.54 Å². The summed E-state index contributed by atoms with van der Waals surface area (Å²) in [7, 11) is -3.54. The zero-order chi connectivity index (χ0) is 17.0. The van der Waals surface area contributed by atoms with Crippen LogP contribution in [0, 0.1) is 0 Å². The lowest BCUT2D eigenvalue weighted by atomic mass is 10.2. The van der Waals surface area contributed by atoms with Crippen LogP contribution in [-0.2, 0) is 22.9 Å². The van der Waals surface area contributed by atoms with Gasteiger partial charge in [0.15, 0.2) is 0 Å². The second kappa shape index (κ2) is 7.25. The quantitative estimate of drug-likeness (QED) is 0.698. The summed E-state index contributed by atoms with van der Waals surface area (Å²) in [6.45, 7) is 2.26. The number of aryl methyl sites for hydroxylation is 1. The van der Waals surface area contributed by atoms with Gasteiger partial charge >= 0.3 is 0 Å². The molecular weight excluding hydrogens is 346 g/mol. The molecule has 0 saturated carbocycles. The summed E-state index contributed by atoms with van der Waals surface area (Å²) in [5.41, 5.74) is 1.71. The second-order valence-corrected chi connectivity index (χ2v) is 8.05. The summed E-state index contributed by atoms with van der Waals surface area (Å²) in [6.07, 6.45) is 1.28. The minimum absolute atomic E-state index is 0.238. The third kappa shape index (κ3) is 3.89. The first-order chi connectivity index (χ1) is 11.6. The Morgan fingerprint density at radius 2 is 2.00 bits per heavy atom. The molecule has 0 atom stereocenters. The zero-order valence-corrected chi connectivity index (χ0v) is 14.7. The van der Waals surface area contributed by atoms with Crippen molar-refractivity contribution in [3.8, 4) is 11.5 Å². The maximum Gasteiger partial charge on any atom is 0.250 e. The van der Waals surface area contributed by atoms with E-state index < -0.39 is 10.0 Å². The van der Waals surface area contributed by atoms with E-state index in [4.69, 9.17) is 4.42 Å². The van der Waals surface area contributed by atoms with Crippen molar-refractivity contribution in [1.82, 2.24) is 14.9 Å². The van der Waals surface area contributed by atoms with Gasteiger partial charge in [0.2, 0.25) is 21.8 Å². The first-order valence-electron chi connectivity index (χ1n) is 7.53. The van der Waals surface area contributed by atoms with Crippen LogP contribution in [0.2, 0.25) is 0 Å². The highest BCUT2D eigenvalue weighted by molar-refractivity contribution is 7.91. The number of thiophene rings is 1. The molecule has 0 unspecified atom stereocenters. The van der Waals surface area contributed by atoms with Gasteiger partial charge in [0.05, 0.1) is 5.56 Å². The molecule has 24 heavy (non-hydrogen) atoms. The molecule has 0 aliphatic heterocycles. The standard InChI is InChI=1S/C16H17N3O3S2/c1-2-14-18-19-16(22-14)13-10-15(23-11-13)24(20,21)17-9-8-12-6-4-3-5-7-12/h3-7,10-11,17H,2,8-9H2,1H3. The predicted molar refractivity (Wildman–Crippen MR) is 92.3 cm³/mol. The molecule has 0 aliphatic carbocycles. The molecule has 0 fully saturated rings. The molecule has 3 rings (SSSR count). The fourth-order valence-corrected chi connectivity index (χ4v) is 4.36. The minimum atomic E-state index is -3.54. The van der Waals surface area contributed by atoms with Crippen LogP contribution in [0.15, 0.2) is 50.4 Å². The van der Waals surface area contributed by atoms with E-state index >= 15 is 0 Å². The van der Waals surface area contributed by atoms with Crippen LogP contribution in [0.25, 0.3) is 11.5 Å². The van der Waals surface area contributed by atoms with E-state index in [1.807, 2.05) is 37.3 Å². The van der Waals surface area contributed by atoms with E-state index in [0.717, 1.165) is 16.9 Å². The van der Waals surface area contributed by atoms with Gasteiger partial charge in [-0.2, -0.15) is 0 Å². The highest BCUT2D eigenvalue weighted by Gasteiger charge is 2.18. The Bertz CT molecular complexity index is 902. The van der Waals surface area contributed by atoms with Gasteiger partial charge in [-0.15, -0.1) is 21.5 Å². The highest BCUT2D eigenvalue weighted by atomic mass is 32.2. The molecule has 1 aromatic carbocycles. The highest BCUT2D eigenvalue weighted by Crippen LogP contribution is 2.27. The van der Waals surface area contributed by atoms with E-state index in [1.165, 1.54) is 0 Å². The predicted octanol–water partition coefficient (Wildman–Crippen LogP) is 2.88. The number of hydrogen-bond acceptors (Lipinski definition) is 6. The number of sulfonamides is 1. The summed E-state index contributed by atoms with van der Waals surface area (Å²) >= 11 is 1.14. The molecule has 126 valence electrons. The van der Waals surface area contributed by atoms with Crippen LogP contribution in [0.4, 0.5) is 0 Å². The van der Waals surface area contributed by atoms with Crippen molar-refractivity contribution >= 4 is 21.4 Å². The smallest absolute Gasteiger partial charge is 0.250 e. The fourth-order valence-electron chi connectivity index (χ4n) is 2.13. The third-order valence-electron chi connectivity index (χ3n) is 3.41. The average Bonchev–Trinajstić information content (AvgIpc) is 3.25. The molecule has 8 heteroatoms. The van der Waals surface area contributed by atoms with E-state index in [-0.39, 0.29) is 4.21 Å². The van der Waals surface area contributed by atoms with E-state index in [1.54, 1.807) is 11.4 Å². The molecule has 0 saturated heterocycles. The Morgan fingerprint density at radius 1 is 1.21 bits per heavy atom. The van der Waals surface area contributed by atoms with Gasteiger partial charge in [0, 0.05) is 18.3 Å². The fraction of sp³-hybridized carbons (Fsp3) is 0.250.